The Morgan fingerprint density at radius 1 is 1.00 bits per heavy atom. The van der Waals surface area contributed by atoms with Gasteiger partial charge in [-0.2, -0.15) is 0 Å². The summed E-state index contributed by atoms with van der Waals surface area (Å²) in [5.41, 5.74) is 1.78. The third-order valence-electron chi connectivity index (χ3n) is 6.06. The van der Waals surface area contributed by atoms with Crippen molar-refractivity contribution in [3.05, 3.63) is 69.7 Å². The molecule has 1 aliphatic rings. The van der Waals surface area contributed by atoms with Gasteiger partial charge in [0.15, 0.2) is 0 Å². The Morgan fingerprint density at radius 3 is 2.21 bits per heavy atom. The number of nitrogens with one attached hydrogen (secondary N) is 1. The Balaban J connectivity index is 1.48. The topological polar surface area (TPSA) is 32.3 Å². The fourth-order valence-corrected chi connectivity index (χ4v) is 5.20. The largest absolute Gasteiger partial charge is 0.352 e. The maximum absolute atomic E-state index is 12.4. The van der Waals surface area contributed by atoms with Gasteiger partial charge in [0.05, 0.1) is 15.6 Å². The summed E-state index contributed by atoms with van der Waals surface area (Å²) in [7, 11) is 4.36. The van der Waals surface area contributed by atoms with Crippen molar-refractivity contribution in [2.24, 2.45) is 11.8 Å². The van der Waals surface area contributed by atoms with Gasteiger partial charge in [-0.1, -0.05) is 72.4 Å². The lowest BCUT2D eigenvalue weighted by atomic mass is 9.75. The Kier molecular flexibility index (Phi) is 7.99. The van der Waals surface area contributed by atoms with Gasteiger partial charge in [0.25, 0.3) is 5.91 Å². The highest BCUT2D eigenvalue weighted by Gasteiger charge is 2.29. The quantitative estimate of drug-likeness (QED) is 0.562. The van der Waals surface area contributed by atoms with Gasteiger partial charge in [0.2, 0.25) is 0 Å². The zero-order chi connectivity index (χ0) is 20.8. The maximum Gasteiger partial charge on any atom is 0.254 e. The second kappa shape index (κ2) is 10.5. The molecule has 0 spiro atoms. The molecule has 29 heavy (non-hydrogen) atoms. The number of benzene rings is 2. The molecule has 1 unspecified atom stereocenters. The third-order valence-corrected chi connectivity index (χ3v) is 6.69. The average molecular weight is 433 g/mol. The van der Waals surface area contributed by atoms with E-state index in [0.717, 1.165) is 6.42 Å². The molecule has 3 nitrogen and oxygen atoms in total. The van der Waals surface area contributed by atoms with Crippen LogP contribution in [0.3, 0.4) is 0 Å². The third kappa shape index (κ3) is 5.75. The maximum atomic E-state index is 12.4. The van der Waals surface area contributed by atoms with Gasteiger partial charge < -0.3 is 10.2 Å². The molecular weight excluding hydrogens is 403 g/mol. The standard InChI is InChI=1S/C24H30Cl2N2O/c1-28(2)23(18-7-4-3-5-8-18)19-13-11-17(12-14-19)15-16-27-24(29)22-20(25)9-6-10-21(22)26/h3-10,17,19,23H,11-16H2,1-2H3,(H,27,29). The second-order valence-corrected chi connectivity index (χ2v) is 9.06. The smallest absolute Gasteiger partial charge is 0.254 e. The first-order valence-corrected chi connectivity index (χ1v) is 11.2. The van der Waals surface area contributed by atoms with Crippen molar-refractivity contribution >= 4 is 29.1 Å². The van der Waals surface area contributed by atoms with Crippen LogP contribution in [0.4, 0.5) is 0 Å². The van der Waals surface area contributed by atoms with Gasteiger partial charge in [-0.05, 0) is 62.9 Å². The van der Waals surface area contributed by atoms with Gasteiger partial charge in [0, 0.05) is 12.6 Å². The number of rotatable bonds is 7. The monoisotopic (exact) mass is 432 g/mol. The van der Waals surface area contributed by atoms with E-state index < -0.39 is 0 Å². The molecule has 2 aromatic carbocycles. The minimum atomic E-state index is -0.189. The van der Waals surface area contributed by atoms with E-state index in [1.165, 1.54) is 31.2 Å². The number of hydrogen-bond acceptors (Lipinski definition) is 2. The molecule has 1 atom stereocenters. The molecule has 1 fully saturated rings. The molecular formula is C24H30Cl2N2O. The highest BCUT2D eigenvalue weighted by Crippen LogP contribution is 2.40. The van der Waals surface area contributed by atoms with E-state index in [0.29, 0.717) is 40.0 Å². The number of amides is 1. The zero-order valence-electron chi connectivity index (χ0n) is 17.2. The van der Waals surface area contributed by atoms with Crippen LogP contribution in [0, 0.1) is 11.8 Å². The Bertz CT molecular complexity index is 782. The summed E-state index contributed by atoms with van der Waals surface area (Å²) in [5, 5.41) is 3.78. The molecule has 0 heterocycles. The van der Waals surface area contributed by atoms with E-state index in [4.69, 9.17) is 23.2 Å². The van der Waals surface area contributed by atoms with Crippen LogP contribution in [0.2, 0.25) is 10.0 Å². The molecule has 1 amide bonds. The second-order valence-electron chi connectivity index (χ2n) is 8.24. The molecule has 3 rings (SSSR count). The summed E-state index contributed by atoms with van der Waals surface area (Å²) < 4.78 is 0. The van der Waals surface area contributed by atoms with E-state index in [9.17, 15) is 4.79 Å². The Labute approximate surface area is 184 Å². The van der Waals surface area contributed by atoms with Crippen molar-refractivity contribution < 1.29 is 4.79 Å². The van der Waals surface area contributed by atoms with Gasteiger partial charge in [0.1, 0.15) is 0 Å². The lowest BCUT2D eigenvalue weighted by Gasteiger charge is -2.37. The molecule has 0 radical (unpaired) electrons. The van der Waals surface area contributed by atoms with E-state index >= 15 is 0 Å². The summed E-state index contributed by atoms with van der Waals surface area (Å²) in [6, 6.07) is 16.4. The minimum Gasteiger partial charge on any atom is -0.352 e. The number of nitrogens with zero attached hydrogens (tertiary/aromatic N) is 1. The van der Waals surface area contributed by atoms with Crippen LogP contribution in [0.25, 0.3) is 0 Å². The van der Waals surface area contributed by atoms with Crippen molar-refractivity contribution in [1.29, 1.82) is 0 Å². The zero-order valence-corrected chi connectivity index (χ0v) is 18.7. The molecule has 0 bridgehead atoms. The molecule has 1 N–H and O–H groups in total. The van der Waals surface area contributed by atoms with Crippen molar-refractivity contribution in [3.8, 4) is 0 Å². The van der Waals surface area contributed by atoms with Crippen molar-refractivity contribution in [2.45, 2.75) is 38.1 Å². The molecule has 2 aromatic rings. The van der Waals surface area contributed by atoms with E-state index in [2.05, 4.69) is 54.6 Å². The first-order chi connectivity index (χ1) is 14.0. The van der Waals surface area contributed by atoms with Gasteiger partial charge in [-0.25, -0.2) is 0 Å². The predicted molar refractivity (Wildman–Crippen MR) is 122 cm³/mol. The fraction of sp³-hybridized carbons (Fsp3) is 0.458. The van der Waals surface area contributed by atoms with Crippen LogP contribution in [0.1, 0.15) is 54.1 Å². The van der Waals surface area contributed by atoms with E-state index in [1.54, 1.807) is 18.2 Å². The molecule has 0 aliphatic heterocycles. The Morgan fingerprint density at radius 2 is 1.62 bits per heavy atom. The minimum absolute atomic E-state index is 0.189. The van der Waals surface area contributed by atoms with Crippen LogP contribution >= 0.6 is 23.2 Å². The average Bonchev–Trinajstić information content (AvgIpc) is 2.70. The number of carbonyl (C=O) groups is 1. The predicted octanol–water partition coefficient (Wildman–Crippen LogP) is 6.22. The Hall–Kier alpha value is -1.55. The summed E-state index contributed by atoms with van der Waals surface area (Å²) in [5.74, 6) is 1.15. The van der Waals surface area contributed by atoms with Crippen LogP contribution in [0.15, 0.2) is 48.5 Å². The van der Waals surface area contributed by atoms with Gasteiger partial charge >= 0.3 is 0 Å². The summed E-state index contributed by atoms with van der Waals surface area (Å²) >= 11 is 12.2. The van der Waals surface area contributed by atoms with E-state index in [-0.39, 0.29) is 5.91 Å². The van der Waals surface area contributed by atoms with Crippen molar-refractivity contribution in [1.82, 2.24) is 10.2 Å². The van der Waals surface area contributed by atoms with Crippen LogP contribution in [-0.4, -0.2) is 31.4 Å². The van der Waals surface area contributed by atoms with E-state index in [1.807, 2.05) is 0 Å². The molecule has 156 valence electrons. The lowest BCUT2D eigenvalue weighted by molar-refractivity contribution is 0.0947. The fourth-order valence-electron chi connectivity index (χ4n) is 4.63. The number of carbonyl (C=O) groups excluding carboxylic acids is 1. The summed E-state index contributed by atoms with van der Waals surface area (Å²) in [4.78, 5) is 14.8. The first kappa shape index (κ1) is 22.1. The summed E-state index contributed by atoms with van der Waals surface area (Å²) in [6.45, 7) is 0.658. The van der Waals surface area contributed by atoms with Crippen LogP contribution in [0.5, 0.6) is 0 Å². The molecule has 5 heteroatoms. The number of hydrogen-bond donors (Lipinski definition) is 1. The highest BCUT2D eigenvalue weighted by atomic mass is 35.5. The highest BCUT2D eigenvalue weighted by molar-refractivity contribution is 6.39. The SMILES string of the molecule is CN(C)C(c1ccccc1)C1CCC(CCNC(=O)c2c(Cl)cccc2Cl)CC1. The van der Waals surface area contributed by atoms with Crippen molar-refractivity contribution in [2.75, 3.05) is 20.6 Å². The molecule has 0 aromatic heterocycles. The molecule has 0 saturated heterocycles. The first-order valence-electron chi connectivity index (χ1n) is 10.4. The lowest BCUT2D eigenvalue weighted by Crippen LogP contribution is -2.31. The normalized spacial score (nSPS) is 20.4. The molecule has 1 aliphatic carbocycles. The van der Waals surface area contributed by atoms with Crippen LogP contribution < -0.4 is 5.32 Å². The summed E-state index contributed by atoms with van der Waals surface area (Å²) in [6.07, 6.45) is 5.88. The van der Waals surface area contributed by atoms with Gasteiger partial charge in [-0.3, -0.25) is 4.79 Å². The van der Waals surface area contributed by atoms with Crippen molar-refractivity contribution in [3.63, 3.8) is 0 Å². The van der Waals surface area contributed by atoms with Crippen LogP contribution in [-0.2, 0) is 0 Å². The molecule has 1 saturated carbocycles. The van der Waals surface area contributed by atoms with Gasteiger partial charge in [-0.15, -0.1) is 0 Å². The number of halogens is 2.